The van der Waals surface area contributed by atoms with E-state index in [0.717, 1.165) is 38.5 Å². The van der Waals surface area contributed by atoms with Crippen LogP contribution in [0.15, 0.2) is 0 Å². The van der Waals surface area contributed by atoms with Crippen molar-refractivity contribution in [1.29, 1.82) is 0 Å². The van der Waals surface area contributed by atoms with E-state index in [4.69, 9.17) is 9.05 Å². The standard InChI is InChI=1S/C24H51O4P/c1-4-7-10-11-12-13-14-15-16-17-18-19-20-24(25)23-29(26,27-21-8-5-2)28-22-9-6-3/h24-25H,4-23H2,1-3H3. The van der Waals surface area contributed by atoms with Crippen molar-refractivity contribution >= 4 is 7.60 Å². The number of unbranched alkanes of at least 4 members (excludes halogenated alkanes) is 13. The monoisotopic (exact) mass is 434 g/mol. The maximum absolute atomic E-state index is 12.9. The van der Waals surface area contributed by atoms with E-state index in [1.54, 1.807) is 0 Å². The minimum absolute atomic E-state index is 0.137. The molecule has 4 nitrogen and oxygen atoms in total. The van der Waals surface area contributed by atoms with Crippen molar-refractivity contribution in [2.24, 2.45) is 0 Å². The molecule has 5 heteroatoms. The van der Waals surface area contributed by atoms with Crippen molar-refractivity contribution in [2.75, 3.05) is 19.4 Å². The van der Waals surface area contributed by atoms with E-state index in [2.05, 4.69) is 20.8 Å². The first kappa shape index (κ1) is 29.1. The molecule has 0 saturated heterocycles. The normalized spacial score (nSPS) is 13.1. The van der Waals surface area contributed by atoms with Gasteiger partial charge in [0.05, 0.1) is 25.5 Å². The van der Waals surface area contributed by atoms with Gasteiger partial charge in [-0.2, -0.15) is 0 Å². The highest BCUT2D eigenvalue weighted by Gasteiger charge is 2.28. The van der Waals surface area contributed by atoms with Crippen LogP contribution in [0.4, 0.5) is 0 Å². The van der Waals surface area contributed by atoms with Gasteiger partial charge in [0.2, 0.25) is 0 Å². The first-order chi connectivity index (χ1) is 14.1. The molecule has 0 aromatic heterocycles. The maximum Gasteiger partial charge on any atom is 0.333 e. The summed E-state index contributed by atoms with van der Waals surface area (Å²) in [6.07, 6.45) is 19.6. The number of hydrogen-bond donors (Lipinski definition) is 1. The van der Waals surface area contributed by atoms with Crippen LogP contribution in [0.1, 0.15) is 130 Å². The Kier molecular flexibility index (Phi) is 21.4. The topological polar surface area (TPSA) is 55.8 Å². The van der Waals surface area contributed by atoms with Gasteiger partial charge in [-0.05, 0) is 19.3 Å². The lowest BCUT2D eigenvalue weighted by Crippen LogP contribution is -2.16. The number of aliphatic hydroxyl groups is 1. The molecule has 1 N–H and O–H groups in total. The summed E-state index contributed by atoms with van der Waals surface area (Å²) in [5, 5.41) is 10.3. The first-order valence-electron chi connectivity index (χ1n) is 12.6. The van der Waals surface area contributed by atoms with Crippen LogP contribution in [0.3, 0.4) is 0 Å². The molecule has 0 rings (SSSR count). The Morgan fingerprint density at radius 3 is 1.41 bits per heavy atom. The molecule has 0 aliphatic carbocycles. The fraction of sp³-hybridized carbons (Fsp3) is 1.00. The minimum atomic E-state index is -3.17. The number of rotatable bonds is 23. The third-order valence-electron chi connectivity index (χ3n) is 5.40. The van der Waals surface area contributed by atoms with Crippen LogP contribution < -0.4 is 0 Å². The van der Waals surface area contributed by atoms with Gasteiger partial charge >= 0.3 is 7.60 Å². The zero-order valence-electron chi connectivity index (χ0n) is 19.8. The molecule has 0 fully saturated rings. The molecular formula is C24H51O4P. The van der Waals surface area contributed by atoms with Crippen molar-refractivity contribution in [3.05, 3.63) is 0 Å². The summed E-state index contributed by atoms with van der Waals surface area (Å²) in [5.74, 6) is 0. The second kappa shape index (κ2) is 21.3. The minimum Gasteiger partial charge on any atom is -0.392 e. The predicted octanol–water partition coefficient (Wildman–Crippen LogP) is 8.27. The van der Waals surface area contributed by atoms with Crippen LogP contribution in [0.25, 0.3) is 0 Å². The van der Waals surface area contributed by atoms with Crippen LogP contribution in [-0.2, 0) is 13.6 Å². The highest BCUT2D eigenvalue weighted by Crippen LogP contribution is 2.49. The smallest absolute Gasteiger partial charge is 0.333 e. The van der Waals surface area contributed by atoms with Gasteiger partial charge < -0.3 is 14.2 Å². The second-order valence-corrected chi connectivity index (χ2v) is 10.6. The van der Waals surface area contributed by atoms with Gasteiger partial charge in [0.1, 0.15) is 0 Å². The molecule has 176 valence electrons. The highest BCUT2D eigenvalue weighted by molar-refractivity contribution is 7.53. The first-order valence-corrected chi connectivity index (χ1v) is 14.4. The van der Waals surface area contributed by atoms with Gasteiger partial charge in [-0.15, -0.1) is 0 Å². The summed E-state index contributed by atoms with van der Waals surface area (Å²) < 4.78 is 24.0. The molecule has 0 radical (unpaired) electrons. The molecule has 0 aromatic carbocycles. The number of hydrogen-bond acceptors (Lipinski definition) is 4. The van der Waals surface area contributed by atoms with E-state index < -0.39 is 13.7 Å². The van der Waals surface area contributed by atoms with Gasteiger partial charge in [0, 0.05) is 0 Å². The van der Waals surface area contributed by atoms with Gasteiger partial charge in [-0.1, -0.05) is 111 Å². The molecule has 1 unspecified atom stereocenters. The van der Waals surface area contributed by atoms with E-state index >= 15 is 0 Å². The third kappa shape index (κ3) is 19.8. The molecule has 0 aliphatic rings. The Balaban J connectivity index is 3.78. The predicted molar refractivity (Wildman–Crippen MR) is 126 cm³/mol. The molecule has 0 heterocycles. The van der Waals surface area contributed by atoms with E-state index in [1.807, 2.05) is 0 Å². The molecule has 1 atom stereocenters. The van der Waals surface area contributed by atoms with Crippen molar-refractivity contribution in [1.82, 2.24) is 0 Å². The summed E-state index contributed by atoms with van der Waals surface area (Å²) in [4.78, 5) is 0. The summed E-state index contributed by atoms with van der Waals surface area (Å²) >= 11 is 0. The van der Waals surface area contributed by atoms with Crippen LogP contribution in [-0.4, -0.2) is 30.6 Å². The molecule has 0 bridgehead atoms. The molecule has 0 amide bonds. The zero-order valence-corrected chi connectivity index (χ0v) is 20.7. The summed E-state index contributed by atoms with van der Waals surface area (Å²) in [6.45, 7) is 7.32. The Bertz CT molecular complexity index is 362. The Hall–Kier alpha value is 0.110. The largest absolute Gasteiger partial charge is 0.392 e. The summed E-state index contributed by atoms with van der Waals surface area (Å²) in [6, 6.07) is 0. The summed E-state index contributed by atoms with van der Waals surface area (Å²) in [7, 11) is -3.17. The average Bonchev–Trinajstić information content (AvgIpc) is 2.69. The van der Waals surface area contributed by atoms with E-state index in [1.165, 1.54) is 64.2 Å². The fourth-order valence-corrected chi connectivity index (χ4v) is 5.21. The van der Waals surface area contributed by atoms with Gasteiger partial charge in [0.25, 0.3) is 0 Å². The fourth-order valence-electron chi connectivity index (χ4n) is 3.41. The van der Waals surface area contributed by atoms with E-state index in [-0.39, 0.29) is 6.16 Å². The maximum atomic E-state index is 12.9. The lowest BCUT2D eigenvalue weighted by molar-refractivity contribution is 0.153. The Labute approximate surface area is 182 Å². The summed E-state index contributed by atoms with van der Waals surface area (Å²) in [5.41, 5.74) is 0. The molecule has 0 spiro atoms. The van der Waals surface area contributed by atoms with Gasteiger partial charge in [-0.3, -0.25) is 4.57 Å². The Morgan fingerprint density at radius 2 is 1.00 bits per heavy atom. The van der Waals surface area contributed by atoms with Crippen LogP contribution >= 0.6 is 7.60 Å². The lowest BCUT2D eigenvalue weighted by Gasteiger charge is -2.21. The van der Waals surface area contributed by atoms with Crippen LogP contribution in [0.5, 0.6) is 0 Å². The van der Waals surface area contributed by atoms with Crippen molar-refractivity contribution in [3.63, 3.8) is 0 Å². The molecule has 29 heavy (non-hydrogen) atoms. The van der Waals surface area contributed by atoms with Crippen LogP contribution in [0.2, 0.25) is 0 Å². The van der Waals surface area contributed by atoms with Gasteiger partial charge in [0.15, 0.2) is 0 Å². The number of aliphatic hydroxyl groups excluding tert-OH is 1. The van der Waals surface area contributed by atoms with Crippen LogP contribution in [0, 0.1) is 0 Å². The van der Waals surface area contributed by atoms with E-state index in [0.29, 0.717) is 19.6 Å². The quantitative estimate of drug-likeness (QED) is 0.130. The SMILES string of the molecule is CCCCCCCCCCCCCCC(O)CP(=O)(OCCCC)OCCCC. The average molecular weight is 435 g/mol. The highest BCUT2D eigenvalue weighted by atomic mass is 31.2. The molecule has 0 aromatic rings. The van der Waals surface area contributed by atoms with Crippen molar-refractivity contribution < 1.29 is 18.7 Å². The van der Waals surface area contributed by atoms with E-state index in [9.17, 15) is 9.67 Å². The lowest BCUT2D eigenvalue weighted by atomic mass is 10.0. The third-order valence-corrected chi connectivity index (χ3v) is 7.42. The molecule has 0 aliphatic heterocycles. The molecular weight excluding hydrogens is 383 g/mol. The van der Waals surface area contributed by atoms with Gasteiger partial charge in [-0.25, -0.2) is 0 Å². The second-order valence-electron chi connectivity index (χ2n) is 8.50. The van der Waals surface area contributed by atoms with Crippen molar-refractivity contribution in [3.8, 4) is 0 Å². The van der Waals surface area contributed by atoms with Crippen molar-refractivity contribution in [2.45, 2.75) is 136 Å². The Morgan fingerprint density at radius 1 is 0.621 bits per heavy atom. The molecule has 0 saturated carbocycles. The zero-order chi connectivity index (χ0) is 21.6.